The van der Waals surface area contributed by atoms with Crippen molar-refractivity contribution in [1.29, 1.82) is 0 Å². The zero-order valence-corrected chi connectivity index (χ0v) is 21.5. The molecule has 1 unspecified atom stereocenters. The van der Waals surface area contributed by atoms with Gasteiger partial charge in [0.2, 0.25) is 0 Å². The summed E-state index contributed by atoms with van der Waals surface area (Å²) in [6.45, 7) is 8.44. The van der Waals surface area contributed by atoms with Gasteiger partial charge in [0.15, 0.2) is 0 Å². The normalized spacial score (nSPS) is 18.9. The third-order valence-corrected chi connectivity index (χ3v) is 8.66. The van der Waals surface area contributed by atoms with E-state index in [1.807, 2.05) is 17.9 Å². The number of fused-ring (bicyclic) bond motifs is 2. The Morgan fingerprint density at radius 3 is 2.46 bits per heavy atom. The van der Waals surface area contributed by atoms with Crippen LogP contribution in [0.2, 0.25) is 5.02 Å². The standard InChI is InChI=1S/C28H25ClN2O3S/c1-17-10-13-21-22(14-17)30(27(2,3)16-28(21,4)18-8-6-5-7-9-18)26(32)25-24(29)20-12-11-19(31(33)34)15-23(20)35-25/h5-15H,16H2,1-4H3. The van der Waals surface area contributed by atoms with E-state index in [0.717, 1.165) is 23.2 Å². The third-order valence-electron chi connectivity index (χ3n) is 7.01. The predicted octanol–water partition coefficient (Wildman–Crippen LogP) is 7.91. The van der Waals surface area contributed by atoms with E-state index in [4.69, 9.17) is 11.6 Å². The number of nitro benzene ring substituents is 1. The van der Waals surface area contributed by atoms with Crippen molar-refractivity contribution in [3.05, 3.63) is 103 Å². The van der Waals surface area contributed by atoms with Crippen molar-refractivity contribution in [1.82, 2.24) is 0 Å². The molecule has 2 heterocycles. The first kappa shape index (κ1) is 23.5. The van der Waals surface area contributed by atoms with Crippen LogP contribution < -0.4 is 4.90 Å². The monoisotopic (exact) mass is 504 g/mol. The molecule has 178 valence electrons. The molecule has 0 bridgehead atoms. The van der Waals surface area contributed by atoms with Gasteiger partial charge in [-0.25, -0.2) is 0 Å². The summed E-state index contributed by atoms with van der Waals surface area (Å²) >= 11 is 7.91. The van der Waals surface area contributed by atoms with Crippen LogP contribution in [0.25, 0.3) is 10.1 Å². The number of carbonyl (C=O) groups excluding carboxylic acids is 1. The maximum atomic E-state index is 14.2. The molecule has 35 heavy (non-hydrogen) atoms. The molecule has 3 aromatic carbocycles. The molecule has 0 fully saturated rings. The summed E-state index contributed by atoms with van der Waals surface area (Å²) in [6, 6.07) is 21.2. The van der Waals surface area contributed by atoms with Crippen LogP contribution in [0.3, 0.4) is 0 Å². The van der Waals surface area contributed by atoms with Crippen molar-refractivity contribution in [2.24, 2.45) is 0 Å². The molecule has 1 aliphatic rings. The quantitative estimate of drug-likeness (QED) is 0.210. The molecular weight excluding hydrogens is 480 g/mol. The average Bonchev–Trinajstić information content (AvgIpc) is 3.14. The number of non-ortho nitro benzene ring substituents is 1. The Hall–Kier alpha value is -3.22. The molecule has 1 aliphatic heterocycles. The Bertz CT molecular complexity index is 1500. The molecule has 0 spiro atoms. The second-order valence-electron chi connectivity index (χ2n) is 10.0. The zero-order chi connectivity index (χ0) is 25.1. The average molecular weight is 505 g/mol. The summed E-state index contributed by atoms with van der Waals surface area (Å²) in [6.07, 6.45) is 0.722. The zero-order valence-electron chi connectivity index (χ0n) is 20.0. The van der Waals surface area contributed by atoms with Gasteiger partial charge in [-0.2, -0.15) is 0 Å². The molecule has 0 N–H and O–H groups in total. The number of hydrogen-bond acceptors (Lipinski definition) is 4. The number of carbonyl (C=O) groups is 1. The van der Waals surface area contributed by atoms with Gasteiger partial charge in [-0.15, -0.1) is 11.3 Å². The van der Waals surface area contributed by atoms with Crippen molar-refractivity contribution < 1.29 is 9.72 Å². The Balaban J connectivity index is 1.69. The first-order chi connectivity index (χ1) is 16.5. The molecular formula is C28H25ClN2O3S. The van der Waals surface area contributed by atoms with Crippen LogP contribution in [0.15, 0.2) is 66.7 Å². The van der Waals surface area contributed by atoms with Crippen LogP contribution in [0.1, 0.15) is 53.6 Å². The summed E-state index contributed by atoms with van der Waals surface area (Å²) in [7, 11) is 0. The summed E-state index contributed by atoms with van der Waals surface area (Å²) < 4.78 is 0.626. The summed E-state index contributed by atoms with van der Waals surface area (Å²) in [5, 5.41) is 12.2. The van der Waals surface area contributed by atoms with Gasteiger partial charge in [-0.3, -0.25) is 14.9 Å². The minimum Gasteiger partial charge on any atom is -0.302 e. The Morgan fingerprint density at radius 2 is 1.77 bits per heavy atom. The Morgan fingerprint density at radius 1 is 1.06 bits per heavy atom. The number of hydrogen-bond donors (Lipinski definition) is 0. The highest BCUT2D eigenvalue weighted by molar-refractivity contribution is 7.21. The SMILES string of the molecule is Cc1ccc2c(c1)N(C(=O)c1sc3cc([N+](=O)[O-])ccc3c1Cl)C(C)(C)CC2(C)c1ccccc1. The van der Waals surface area contributed by atoms with Crippen molar-refractivity contribution in [2.75, 3.05) is 4.90 Å². The van der Waals surface area contributed by atoms with Gasteiger partial charge in [0, 0.05) is 38.9 Å². The molecule has 0 aliphatic carbocycles. The second kappa shape index (κ2) is 8.18. The molecule has 5 rings (SSSR count). The fourth-order valence-electron chi connectivity index (χ4n) is 5.51. The van der Waals surface area contributed by atoms with Crippen molar-refractivity contribution in [2.45, 2.75) is 45.1 Å². The Labute approximate surface area is 213 Å². The topological polar surface area (TPSA) is 63.5 Å². The Kier molecular flexibility index (Phi) is 5.49. The molecule has 1 aromatic heterocycles. The van der Waals surface area contributed by atoms with E-state index in [1.165, 1.54) is 29.0 Å². The van der Waals surface area contributed by atoms with Gasteiger partial charge in [0.1, 0.15) is 4.88 Å². The van der Waals surface area contributed by atoms with E-state index < -0.39 is 10.5 Å². The van der Waals surface area contributed by atoms with Crippen LogP contribution >= 0.6 is 22.9 Å². The molecule has 1 amide bonds. The lowest BCUT2D eigenvalue weighted by Gasteiger charge is -2.51. The minimum atomic E-state index is -0.520. The van der Waals surface area contributed by atoms with E-state index in [0.29, 0.717) is 20.0 Å². The van der Waals surface area contributed by atoms with Crippen LogP contribution in [-0.2, 0) is 5.41 Å². The minimum absolute atomic E-state index is 0.0210. The maximum Gasteiger partial charge on any atom is 0.270 e. The largest absolute Gasteiger partial charge is 0.302 e. The lowest BCUT2D eigenvalue weighted by Crippen LogP contribution is -2.55. The van der Waals surface area contributed by atoms with Crippen LogP contribution in [-0.4, -0.2) is 16.4 Å². The number of rotatable bonds is 3. The fraction of sp³-hybridized carbons (Fsp3) is 0.250. The van der Waals surface area contributed by atoms with E-state index in [1.54, 1.807) is 6.07 Å². The predicted molar refractivity (Wildman–Crippen MR) is 143 cm³/mol. The molecule has 4 aromatic rings. The van der Waals surface area contributed by atoms with Crippen molar-refractivity contribution in [3.8, 4) is 0 Å². The molecule has 0 saturated carbocycles. The molecule has 5 nitrogen and oxygen atoms in total. The smallest absolute Gasteiger partial charge is 0.270 e. The van der Waals surface area contributed by atoms with E-state index in [2.05, 4.69) is 63.2 Å². The van der Waals surface area contributed by atoms with Crippen molar-refractivity contribution >= 4 is 50.3 Å². The highest BCUT2D eigenvalue weighted by Gasteiger charge is 2.48. The highest BCUT2D eigenvalue weighted by atomic mass is 35.5. The number of aryl methyl sites for hydroxylation is 1. The number of amides is 1. The van der Waals surface area contributed by atoms with Crippen LogP contribution in [0.4, 0.5) is 11.4 Å². The van der Waals surface area contributed by atoms with E-state index >= 15 is 0 Å². The first-order valence-corrected chi connectivity index (χ1v) is 12.6. The molecule has 0 saturated heterocycles. The summed E-state index contributed by atoms with van der Waals surface area (Å²) in [5.74, 6) is -0.189. The summed E-state index contributed by atoms with van der Waals surface area (Å²) in [4.78, 5) is 27.2. The van der Waals surface area contributed by atoms with Crippen molar-refractivity contribution in [3.63, 3.8) is 0 Å². The van der Waals surface area contributed by atoms with Gasteiger partial charge in [0.05, 0.1) is 9.95 Å². The van der Waals surface area contributed by atoms with Crippen LogP contribution in [0.5, 0.6) is 0 Å². The van der Waals surface area contributed by atoms with Gasteiger partial charge in [0.25, 0.3) is 11.6 Å². The lowest BCUT2D eigenvalue weighted by atomic mass is 9.65. The highest BCUT2D eigenvalue weighted by Crippen LogP contribution is 2.52. The number of anilines is 1. The number of nitro groups is 1. The van der Waals surface area contributed by atoms with E-state index in [9.17, 15) is 14.9 Å². The first-order valence-electron chi connectivity index (χ1n) is 11.4. The third kappa shape index (κ3) is 3.72. The van der Waals surface area contributed by atoms with Crippen LogP contribution in [0, 0.1) is 17.0 Å². The number of thiophene rings is 1. The fourth-order valence-corrected chi connectivity index (χ4v) is 6.99. The second-order valence-corrected chi connectivity index (χ2v) is 11.5. The molecule has 0 radical (unpaired) electrons. The van der Waals surface area contributed by atoms with Gasteiger partial charge in [-0.05, 0) is 56.0 Å². The number of nitrogens with zero attached hydrogens (tertiary/aromatic N) is 2. The lowest BCUT2D eigenvalue weighted by molar-refractivity contribution is -0.384. The number of benzene rings is 3. The maximum absolute atomic E-state index is 14.2. The summed E-state index contributed by atoms with van der Waals surface area (Å²) in [5.41, 5.74) is 3.41. The van der Waals surface area contributed by atoms with Gasteiger partial charge in [-0.1, -0.05) is 61.0 Å². The van der Waals surface area contributed by atoms with E-state index in [-0.39, 0.29) is 17.0 Å². The van der Waals surface area contributed by atoms with Gasteiger partial charge < -0.3 is 4.90 Å². The molecule has 7 heteroatoms. The van der Waals surface area contributed by atoms with Gasteiger partial charge >= 0.3 is 0 Å². The molecule has 1 atom stereocenters. The number of halogens is 1.